The van der Waals surface area contributed by atoms with Gasteiger partial charge in [-0.1, -0.05) is 12.2 Å². The van der Waals surface area contributed by atoms with Gasteiger partial charge in [-0.05, 0) is 72.5 Å². The van der Waals surface area contributed by atoms with E-state index in [4.69, 9.17) is 9.47 Å². The first-order valence-corrected chi connectivity index (χ1v) is 8.21. The summed E-state index contributed by atoms with van der Waals surface area (Å²) < 4.78 is 10.3. The Morgan fingerprint density at radius 3 is 1.35 bits per heavy atom. The predicted molar refractivity (Wildman–Crippen MR) is 101 cm³/mol. The van der Waals surface area contributed by atoms with E-state index < -0.39 is 0 Å². The Hall–Kier alpha value is -2.96. The molecule has 0 aliphatic rings. The molecule has 0 heterocycles. The summed E-state index contributed by atoms with van der Waals surface area (Å²) in [4.78, 5) is 0. The number of ether oxygens (including phenoxy) is 2. The summed E-state index contributed by atoms with van der Waals surface area (Å²) in [5, 5.41) is 18.7. The van der Waals surface area contributed by atoms with Crippen LogP contribution in [0.4, 0.5) is 0 Å². The van der Waals surface area contributed by atoms with Crippen molar-refractivity contribution in [2.45, 2.75) is 12.8 Å². The number of methoxy groups -OCH3 is 2. The molecule has 2 rings (SSSR count). The van der Waals surface area contributed by atoms with Gasteiger partial charge in [-0.2, -0.15) is 0 Å². The molecule has 0 amide bonds. The van der Waals surface area contributed by atoms with Crippen molar-refractivity contribution >= 4 is 11.4 Å². The second-order valence-electron chi connectivity index (χ2n) is 5.49. The summed E-state index contributed by atoms with van der Waals surface area (Å²) in [6, 6.07) is 14.8. The van der Waals surface area contributed by atoms with E-state index in [2.05, 4.69) is 11.0 Å². The quantitative estimate of drug-likeness (QED) is 0.404. The van der Waals surface area contributed by atoms with E-state index in [0.717, 1.165) is 22.6 Å². The summed E-state index contributed by atoms with van der Waals surface area (Å²) in [5.74, 6) is 1.51. The van der Waals surface area contributed by atoms with Gasteiger partial charge in [-0.3, -0.25) is 21.4 Å². The lowest BCUT2D eigenvalue weighted by Gasteiger charge is -2.08. The van der Waals surface area contributed by atoms with Gasteiger partial charge in [0.2, 0.25) is 0 Å². The van der Waals surface area contributed by atoms with Crippen molar-refractivity contribution in [2.24, 2.45) is 0 Å². The number of nitrogens with one attached hydrogen (secondary N) is 2. The number of unbranched alkanes of at least 4 members (excludes halogenated alkanes) is 1. The molecule has 0 atom stereocenters. The Morgan fingerprint density at radius 1 is 0.731 bits per heavy atom. The van der Waals surface area contributed by atoms with Gasteiger partial charge in [-0.25, -0.2) is 0 Å². The first-order chi connectivity index (χ1) is 12.7. The molecule has 26 heavy (non-hydrogen) atoms. The lowest BCUT2D eigenvalue weighted by atomic mass is 10.1. The molecule has 0 fully saturated rings. The van der Waals surface area contributed by atoms with Crippen LogP contribution in [0.1, 0.15) is 24.0 Å². The SMILES string of the molecule is COc1ccc(/C(=C\CC/C=C(/NO)c2ccc(OC)cc2)NO)cc1. The summed E-state index contributed by atoms with van der Waals surface area (Å²) in [6.45, 7) is 0. The molecule has 0 radical (unpaired) electrons. The largest absolute Gasteiger partial charge is 0.497 e. The highest BCUT2D eigenvalue weighted by Gasteiger charge is 2.02. The molecule has 0 bridgehead atoms. The maximum absolute atomic E-state index is 9.36. The molecule has 0 aromatic heterocycles. The Labute approximate surface area is 153 Å². The fraction of sp³-hybridized carbons (Fsp3) is 0.200. The topological polar surface area (TPSA) is 83.0 Å². The molecule has 0 saturated carbocycles. The Morgan fingerprint density at radius 2 is 1.08 bits per heavy atom. The van der Waals surface area contributed by atoms with Crippen molar-refractivity contribution in [2.75, 3.05) is 14.2 Å². The molecule has 6 nitrogen and oxygen atoms in total. The van der Waals surface area contributed by atoms with Crippen molar-refractivity contribution in [3.8, 4) is 11.5 Å². The number of hydroxylamine groups is 2. The third kappa shape index (κ3) is 5.27. The van der Waals surface area contributed by atoms with Gasteiger partial charge in [0.1, 0.15) is 11.5 Å². The Kier molecular flexibility index (Phi) is 7.54. The molecule has 0 spiro atoms. The van der Waals surface area contributed by atoms with E-state index in [0.29, 0.717) is 24.2 Å². The van der Waals surface area contributed by atoms with Crippen LogP contribution < -0.4 is 20.4 Å². The van der Waals surface area contributed by atoms with Crippen LogP contribution in [0.25, 0.3) is 11.4 Å². The second-order valence-corrected chi connectivity index (χ2v) is 5.49. The number of allylic oxidation sites excluding steroid dienone is 2. The molecule has 138 valence electrons. The minimum absolute atomic E-state index is 0.615. The fourth-order valence-corrected chi connectivity index (χ4v) is 2.45. The van der Waals surface area contributed by atoms with Crippen molar-refractivity contribution in [3.63, 3.8) is 0 Å². The molecule has 2 aromatic rings. The minimum Gasteiger partial charge on any atom is -0.497 e. The number of rotatable bonds is 9. The molecule has 4 N–H and O–H groups in total. The lowest BCUT2D eigenvalue weighted by molar-refractivity contribution is 0.224. The Bertz CT molecular complexity index is 672. The van der Waals surface area contributed by atoms with Gasteiger partial charge in [-0.15, -0.1) is 0 Å². The highest BCUT2D eigenvalue weighted by molar-refractivity contribution is 5.65. The zero-order valence-electron chi connectivity index (χ0n) is 14.9. The van der Waals surface area contributed by atoms with Gasteiger partial charge in [0.15, 0.2) is 0 Å². The lowest BCUT2D eigenvalue weighted by Crippen LogP contribution is -2.06. The molecular formula is C20H24N2O4. The van der Waals surface area contributed by atoms with Crippen LogP contribution in [0.5, 0.6) is 11.5 Å². The van der Waals surface area contributed by atoms with E-state index >= 15 is 0 Å². The monoisotopic (exact) mass is 356 g/mol. The summed E-state index contributed by atoms with van der Waals surface area (Å²) in [7, 11) is 3.22. The fourth-order valence-electron chi connectivity index (χ4n) is 2.45. The zero-order chi connectivity index (χ0) is 18.8. The van der Waals surface area contributed by atoms with E-state index in [1.54, 1.807) is 14.2 Å². The molecule has 0 unspecified atom stereocenters. The van der Waals surface area contributed by atoms with Crippen LogP contribution in [0.2, 0.25) is 0 Å². The van der Waals surface area contributed by atoms with Crippen molar-refractivity contribution in [3.05, 3.63) is 71.8 Å². The van der Waals surface area contributed by atoms with E-state index in [1.165, 1.54) is 0 Å². The second kappa shape index (κ2) is 10.1. The highest BCUT2D eigenvalue weighted by atomic mass is 16.5. The van der Waals surface area contributed by atoms with Crippen LogP contribution in [0.3, 0.4) is 0 Å². The van der Waals surface area contributed by atoms with Crippen LogP contribution in [-0.4, -0.2) is 24.6 Å². The van der Waals surface area contributed by atoms with E-state index in [9.17, 15) is 10.4 Å². The normalized spacial score (nSPS) is 11.8. The van der Waals surface area contributed by atoms with Gasteiger partial charge in [0.05, 0.1) is 25.6 Å². The summed E-state index contributed by atoms with van der Waals surface area (Å²) in [6.07, 6.45) is 5.13. The summed E-state index contributed by atoms with van der Waals surface area (Å²) >= 11 is 0. The van der Waals surface area contributed by atoms with E-state index in [-0.39, 0.29) is 0 Å². The first-order valence-electron chi connectivity index (χ1n) is 8.21. The molecule has 0 aliphatic carbocycles. The standard InChI is InChI=1S/C20H24N2O4/c1-25-17-11-7-15(8-12-17)19(21-23)5-3-4-6-20(22-24)16-9-13-18(26-2)14-10-16/h5-14,21-24H,3-4H2,1-2H3/b19-5+,20-6+. The minimum atomic E-state index is 0.615. The average Bonchev–Trinajstić information content (AvgIpc) is 2.71. The first kappa shape index (κ1) is 19.4. The van der Waals surface area contributed by atoms with Crippen LogP contribution in [0, 0.1) is 0 Å². The van der Waals surface area contributed by atoms with E-state index in [1.807, 2.05) is 60.7 Å². The number of hydrogen-bond acceptors (Lipinski definition) is 6. The molecular weight excluding hydrogens is 332 g/mol. The zero-order valence-corrected chi connectivity index (χ0v) is 14.9. The molecule has 0 saturated heterocycles. The highest BCUT2D eigenvalue weighted by Crippen LogP contribution is 2.19. The van der Waals surface area contributed by atoms with Gasteiger partial charge < -0.3 is 9.47 Å². The predicted octanol–water partition coefficient (Wildman–Crippen LogP) is 3.82. The van der Waals surface area contributed by atoms with Crippen LogP contribution in [0.15, 0.2) is 60.7 Å². The van der Waals surface area contributed by atoms with Gasteiger partial charge in [0, 0.05) is 0 Å². The molecule has 0 aliphatic heterocycles. The number of hydrogen-bond donors (Lipinski definition) is 4. The summed E-state index contributed by atoms with van der Waals surface area (Å²) in [5.41, 5.74) is 7.38. The maximum Gasteiger partial charge on any atom is 0.118 e. The van der Waals surface area contributed by atoms with Crippen molar-refractivity contribution in [1.82, 2.24) is 11.0 Å². The third-order valence-corrected chi connectivity index (χ3v) is 3.91. The Balaban J connectivity index is 2.01. The smallest absolute Gasteiger partial charge is 0.118 e. The van der Waals surface area contributed by atoms with Crippen molar-refractivity contribution in [1.29, 1.82) is 0 Å². The van der Waals surface area contributed by atoms with Crippen molar-refractivity contribution < 1.29 is 19.9 Å². The van der Waals surface area contributed by atoms with Crippen LogP contribution >= 0.6 is 0 Å². The maximum atomic E-state index is 9.36. The van der Waals surface area contributed by atoms with Crippen LogP contribution in [-0.2, 0) is 0 Å². The molecule has 2 aromatic carbocycles. The third-order valence-electron chi connectivity index (χ3n) is 3.91. The number of benzene rings is 2. The van der Waals surface area contributed by atoms with Gasteiger partial charge in [0.25, 0.3) is 0 Å². The molecule has 6 heteroatoms. The van der Waals surface area contributed by atoms with Gasteiger partial charge >= 0.3 is 0 Å². The average molecular weight is 356 g/mol.